The van der Waals surface area contributed by atoms with Crippen LogP contribution in [-0.4, -0.2) is 34.2 Å². The number of nitrogens with zero attached hydrogens (tertiary/aromatic N) is 4. The van der Waals surface area contributed by atoms with Crippen molar-refractivity contribution in [1.82, 2.24) is 14.5 Å². The Bertz CT molecular complexity index is 1790. The molecule has 39 heavy (non-hydrogen) atoms. The van der Waals surface area contributed by atoms with E-state index in [0.717, 1.165) is 5.69 Å². The first-order valence-corrected chi connectivity index (χ1v) is 14.3. The number of allylic oxidation sites excluding steroid dienone is 1. The van der Waals surface area contributed by atoms with Crippen LogP contribution in [0.1, 0.15) is 36.9 Å². The fourth-order valence-electron chi connectivity index (χ4n) is 4.12. The van der Waals surface area contributed by atoms with Gasteiger partial charge in [-0.15, -0.1) is 0 Å². The van der Waals surface area contributed by atoms with E-state index in [0.29, 0.717) is 52.4 Å². The van der Waals surface area contributed by atoms with Gasteiger partial charge in [-0.05, 0) is 78.3 Å². The summed E-state index contributed by atoms with van der Waals surface area (Å²) in [4.78, 5) is 40.6. The maximum absolute atomic E-state index is 13.8. The van der Waals surface area contributed by atoms with Crippen LogP contribution in [-0.2, 0) is 9.53 Å². The average molecular weight is 628 g/mol. The van der Waals surface area contributed by atoms with E-state index >= 15 is 0 Å². The Balaban J connectivity index is 1.61. The highest BCUT2D eigenvalue weighted by Gasteiger charge is 2.33. The number of aryl methyl sites for hydroxylation is 1. The second kappa shape index (κ2) is 11.3. The zero-order valence-electron chi connectivity index (χ0n) is 21.4. The Morgan fingerprint density at radius 2 is 2.10 bits per heavy atom. The third-order valence-electron chi connectivity index (χ3n) is 5.83. The van der Waals surface area contributed by atoms with Crippen LogP contribution in [0.15, 0.2) is 82.8 Å². The highest BCUT2D eigenvalue weighted by atomic mass is 79.9. The van der Waals surface area contributed by atoms with Gasteiger partial charge in [0.2, 0.25) is 0 Å². The molecule has 0 spiro atoms. The van der Waals surface area contributed by atoms with Crippen molar-refractivity contribution in [1.29, 1.82) is 0 Å². The summed E-state index contributed by atoms with van der Waals surface area (Å²) in [6.07, 6.45) is 3.36. The number of aromatic nitrogens is 3. The minimum Gasteiger partial charge on any atom is -0.497 e. The number of benzene rings is 1. The summed E-state index contributed by atoms with van der Waals surface area (Å²) in [5.74, 6) is 0.563. The number of thiazole rings is 1. The van der Waals surface area contributed by atoms with Crippen LogP contribution in [0.5, 0.6) is 5.75 Å². The Hall–Kier alpha value is -3.48. The first-order chi connectivity index (χ1) is 18.8. The molecule has 1 aliphatic rings. The fourth-order valence-corrected chi connectivity index (χ4v) is 6.45. The number of rotatable bonds is 7. The molecule has 3 aromatic heterocycles. The minimum atomic E-state index is -0.731. The van der Waals surface area contributed by atoms with Crippen molar-refractivity contribution >= 4 is 51.1 Å². The van der Waals surface area contributed by atoms with Gasteiger partial charge in [0.25, 0.3) is 5.56 Å². The molecule has 0 N–H and O–H groups in total. The second-order valence-corrected chi connectivity index (χ2v) is 11.2. The number of carbonyl (C=O) groups is 1. The van der Waals surface area contributed by atoms with Gasteiger partial charge in [-0.3, -0.25) is 9.36 Å². The number of halogens is 1. The van der Waals surface area contributed by atoms with Gasteiger partial charge in [0.1, 0.15) is 11.5 Å². The molecule has 12 heteroatoms. The molecule has 0 unspecified atom stereocenters. The standard InChI is InChI=1S/C27H23BrN4O5S2/c1-5-36-24(34)21-15(3)31-27-32(22(21)16-7-6-8-17(11-16)35-4)23(33)20(38-27)13-18-12-19(28)25(37-18)39-26-29-10-9-14(2)30-26/h6-13,22H,5H2,1-4H3/b20-13+/t22-/m0/s1. The van der Waals surface area contributed by atoms with Gasteiger partial charge in [0.15, 0.2) is 15.1 Å². The lowest BCUT2D eigenvalue weighted by molar-refractivity contribution is -0.139. The van der Waals surface area contributed by atoms with E-state index in [9.17, 15) is 9.59 Å². The predicted octanol–water partition coefficient (Wildman–Crippen LogP) is 4.41. The molecule has 0 saturated carbocycles. The van der Waals surface area contributed by atoms with Gasteiger partial charge < -0.3 is 13.9 Å². The van der Waals surface area contributed by atoms with Gasteiger partial charge >= 0.3 is 5.97 Å². The number of hydrogen-bond donors (Lipinski definition) is 0. The highest BCUT2D eigenvalue weighted by Crippen LogP contribution is 2.35. The van der Waals surface area contributed by atoms with Gasteiger partial charge in [-0.1, -0.05) is 23.5 Å². The highest BCUT2D eigenvalue weighted by molar-refractivity contribution is 9.10. The van der Waals surface area contributed by atoms with Gasteiger partial charge in [0, 0.05) is 18.0 Å². The van der Waals surface area contributed by atoms with Gasteiger partial charge in [-0.2, -0.15) is 0 Å². The van der Waals surface area contributed by atoms with Crippen molar-refractivity contribution in [2.45, 2.75) is 37.1 Å². The van der Waals surface area contributed by atoms with Crippen LogP contribution in [0, 0.1) is 6.92 Å². The van der Waals surface area contributed by atoms with Crippen molar-refractivity contribution in [3.63, 3.8) is 0 Å². The number of furan rings is 1. The van der Waals surface area contributed by atoms with E-state index in [1.54, 1.807) is 51.4 Å². The average Bonchev–Trinajstić information content (AvgIpc) is 3.41. The zero-order chi connectivity index (χ0) is 27.7. The molecule has 9 nitrogen and oxygen atoms in total. The van der Waals surface area contributed by atoms with E-state index in [1.165, 1.54) is 27.7 Å². The van der Waals surface area contributed by atoms with Crippen LogP contribution in [0.4, 0.5) is 0 Å². The van der Waals surface area contributed by atoms with Crippen LogP contribution < -0.4 is 19.6 Å². The third kappa shape index (κ3) is 5.49. The molecule has 200 valence electrons. The normalized spacial score (nSPS) is 15.2. The molecule has 5 rings (SSSR count). The number of esters is 1. The quantitative estimate of drug-likeness (QED) is 0.219. The van der Waals surface area contributed by atoms with E-state index in [1.807, 2.05) is 25.1 Å². The molecule has 0 radical (unpaired) electrons. The fraction of sp³-hybridized carbons (Fsp3) is 0.222. The summed E-state index contributed by atoms with van der Waals surface area (Å²) in [6.45, 7) is 5.58. The summed E-state index contributed by atoms with van der Waals surface area (Å²) in [7, 11) is 1.57. The predicted molar refractivity (Wildman–Crippen MR) is 151 cm³/mol. The molecule has 1 atom stereocenters. The van der Waals surface area contributed by atoms with Gasteiger partial charge in [-0.25, -0.2) is 19.8 Å². The first kappa shape index (κ1) is 27.1. The summed E-state index contributed by atoms with van der Waals surface area (Å²) >= 11 is 6.02. The monoisotopic (exact) mass is 626 g/mol. The number of hydrogen-bond acceptors (Lipinski definition) is 10. The van der Waals surface area contributed by atoms with Crippen LogP contribution in [0.3, 0.4) is 0 Å². The second-order valence-electron chi connectivity index (χ2n) is 8.45. The van der Waals surface area contributed by atoms with Crippen molar-refractivity contribution < 1.29 is 18.7 Å². The number of methoxy groups -OCH3 is 1. The molecule has 0 aliphatic carbocycles. The Morgan fingerprint density at radius 1 is 1.28 bits per heavy atom. The van der Waals surface area contributed by atoms with Crippen LogP contribution in [0.25, 0.3) is 6.08 Å². The van der Waals surface area contributed by atoms with Crippen molar-refractivity contribution in [3.8, 4) is 5.75 Å². The topological polar surface area (TPSA) is 109 Å². The summed E-state index contributed by atoms with van der Waals surface area (Å²) in [5, 5.41) is 1.12. The Labute approximate surface area is 240 Å². The van der Waals surface area contributed by atoms with Crippen molar-refractivity contribution in [2.24, 2.45) is 4.99 Å². The Morgan fingerprint density at radius 3 is 2.85 bits per heavy atom. The van der Waals surface area contributed by atoms with E-state index in [2.05, 4.69) is 30.9 Å². The summed E-state index contributed by atoms with van der Waals surface area (Å²) < 4.78 is 19.4. The van der Waals surface area contributed by atoms with E-state index in [4.69, 9.17) is 13.9 Å². The molecule has 0 amide bonds. The third-order valence-corrected chi connectivity index (χ3v) is 8.53. The zero-order valence-corrected chi connectivity index (χ0v) is 24.6. The number of carbonyl (C=O) groups excluding carboxylic acids is 1. The summed E-state index contributed by atoms with van der Waals surface area (Å²) in [6, 6.07) is 10.2. The van der Waals surface area contributed by atoms with E-state index < -0.39 is 12.0 Å². The van der Waals surface area contributed by atoms with Crippen molar-refractivity contribution in [3.05, 3.63) is 95.0 Å². The molecule has 0 fully saturated rings. The lowest BCUT2D eigenvalue weighted by Crippen LogP contribution is -2.39. The largest absolute Gasteiger partial charge is 0.497 e. The first-order valence-electron chi connectivity index (χ1n) is 11.9. The molecular weight excluding hydrogens is 604 g/mol. The summed E-state index contributed by atoms with van der Waals surface area (Å²) in [5.41, 5.74) is 2.05. The molecule has 4 heterocycles. The number of fused-ring (bicyclic) bond motifs is 1. The molecule has 4 aromatic rings. The van der Waals surface area contributed by atoms with Gasteiger partial charge in [0.05, 0.1) is 40.0 Å². The van der Waals surface area contributed by atoms with Crippen molar-refractivity contribution in [2.75, 3.05) is 13.7 Å². The SMILES string of the molecule is CCOC(=O)C1=C(C)N=c2s/c(=C/c3cc(Br)c(Sc4nccc(C)n4)o3)c(=O)n2[C@H]1c1cccc(OC)c1. The van der Waals surface area contributed by atoms with Crippen LogP contribution >= 0.6 is 39.0 Å². The lowest BCUT2D eigenvalue weighted by Gasteiger charge is -2.24. The molecular formula is C27H23BrN4O5S2. The maximum Gasteiger partial charge on any atom is 0.338 e. The molecule has 0 saturated heterocycles. The molecule has 1 aliphatic heterocycles. The maximum atomic E-state index is 13.8. The lowest BCUT2D eigenvalue weighted by atomic mass is 9.95. The smallest absolute Gasteiger partial charge is 0.338 e. The Kier molecular flexibility index (Phi) is 7.87. The molecule has 0 bridgehead atoms. The van der Waals surface area contributed by atoms with Crippen LogP contribution in [0.2, 0.25) is 0 Å². The number of ether oxygens (including phenoxy) is 2. The molecule has 1 aromatic carbocycles. The van der Waals surface area contributed by atoms with E-state index in [-0.39, 0.29) is 12.2 Å². The minimum absolute atomic E-state index is 0.201.